The molecule has 0 amide bonds. The van der Waals surface area contributed by atoms with Crippen LogP contribution in [0.15, 0.2) is 6.20 Å². The zero-order valence-corrected chi connectivity index (χ0v) is 12.4. The van der Waals surface area contributed by atoms with Crippen molar-refractivity contribution in [3.05, 3.63) is 16.1 Å². The lowest BCUT2D eigenvalue weighted by Gasteiger charge is -2.37. The fraction of sp³-hybridized carbons (Fsp3) is 0.786. The molecule has 1 aromatic heterocycles. The van der Waals surface area contributed by atoms with E-state index >= 15 is 0 Å². The summed E-state index contributed by atoms with van der Waals surface area (Å²) in [6.07, 6.45) is 6.99. The first-order valence-electron chi connectivity index (χ1n) is 7.13. The zero-order valence-electron chi connectivity index (χ0n) is 11.6. The Kier molecular flexibility index (Phi) is 5.15. The summed E-state index contributed by atoms with van der Waals surface area (Å²) in [7, 11) is 0. The van der Waals surface area contributed by atoms with Crippen molar-refractivity contribution in [2.24, 2.45) is 5.41 Å². The van der Waals surface area contributed by atoms with Crippen LogP contribution >= 0.6 is 11.3 Å². The highest BCUT2D eigenvalue weighted by atomic mass is 32.1. The van der Waals surface area contributed by atoms with Crippen molar-refractivity contribution in [1.29, 1.82) is 0 Å². The van der Waals surface area contributed by atoms with E-state index in [1.54, 1.807) is 0 Å². The molecule has 0 saturated carbocycles. The SMILES string of the molecule is CCc1cnc(CNCC2(CC)CCNCC2)s1. The Balaban J connectivity index is 1.79. The lowest BCUT2D eigenvalue weighted by molar-refractivity contribution is 0.185. The molecule has 18 heavy (non-hydrogen) atoms. The highest BCUT2D eigenvalue weighted by molar-refractivity contribution is 7.11. The lowest BCUT2D eigenvalue weighted by atomic mass is 9.76. The van der Waals surface area contributed by atoms with E-state index in [9.17, 15) is 0 Å². The second-order valence-electron chi connectivity index (χ2n) is 5.28. The molecule has 0 bridgehead atoms. The van der Waals surface area contributed by atoms with Gasteiger partial charge in [0, 0.05) is 24.2 Å². The molecule has 0 aliphatic carbocycles. The number of thiazole rings is 1. The van der Waals surface area contributed by atoms with Crippen LogP contribution in [0.25, 0.3) is 0 Å². The normalized spacial score (nSPS) is 19.0. The molecule has 1 aromatic rings. The minimum absolute atomic E-state index is 0.510. The van der Waals surface area contributed by atoms with Gasteiger partial charge in [-0.2, -0.15) is 0 Å². The topological polar surface area (TPSA) is 37.0 Å². The maximum absolute atomic E-state index is 4.46. The highest BCUT2D eigenvalue weighted by Gasteiger charge is 2.29. The van der Waals surface area contributed by atoms with Gasteiger partial charge in [-0.3, -0.25) is 0 Å². The first kappa shape index (κ1) is 14.0. The fourth-order valence-corrected chi connectivity index (χ4v) is 3.47. The van der Waals surface area contributed by atoms with E-state index in [4.69, 9.17) is 0 Å². The van der Waals surface area contributed by atoms with Crippen LogP contribution in [-0.2, 0) is 13.0 Å². The maximum atomic E-state index is 4.46. The van der Waals surface area contributed by atoms with Crippen molar-refractivity contribution < 1.29 is 0 Å². The van der Waals surface area contributed by atoms with Gasteiger partial charge in [-0.05, 0) is 44.2 Å². The summed E-state index contributed by atoms with van der Waals surface area (Å²) in [5, 5.41) is 8.30. The maximum Gasteiger partial charge on any atom is 0.107 e. The third-order valence-corrected chi connectivity index (χ3v) is 5.28. The highest BCUT2D eigenvalue weighted by Crippen LogP contribution is 2.31. The average molecular weight is 267 g/mol. The van der Waals surface area contributed by atoms with Crippen molar-refractivity contribution in [3.8, 4) is 0 Å². The van der Waals surface area contributed by atoms with Crippen LogP contribution in [0.4, 0.5) is 0 Å². The van der Waals surface area contributed by atoms with Crippen LogP contribution in [-0.4, -0.2) is 24.6 Å². The number of nitrogens with one attached hydrogen (secondary N) is 2. The van der Waals surface area contributed by atoms with Crippen LogP contribution in [0.3, 0.4) is 0 Å². The predicted molar refractivity (Wildman–Crippen MR) is 78.0 cm³/mol. The van der Waals surface area contributed by atoms with E-state index in [0.717, 1.165) is 19.5 Å². The molecule has 1 fully saturated rings. The van der Waals surface area contributed by atoms with Crippen LogP contribution in [0.5, 0.6) is 0 Å². The number of piperidine rings is 1. The Bertz CT molecular complexity index is 356. The van der Waals surface area contributed by atoms with Crippen molar-refractivity contribution in [3.63, 3.8) is 0 Å². The number of hydrogen-bond donors (Lipinski definition) is 2. The van der Waals surface area contributed by atoms with Gasteiger partial charge in [0.05, 0.1) is 0 Å². The number of aryl methyl sites for hydroxylation is 1. The summed E-state index contributed by atoms with van der Waals surface area (Å²) < 4.78 is 0. The smallest absolute Gasteiger partial charge is 0.107 e. The largest absolute Gasteiger partial charge is 0.317 e. The molecule has 1 aliphatic heterocycles. The molecule has 0 aromatic carbocycles. The Morgan fingerprint density at radius 2 is 2.17 bits per heavy atom. The summed E-state index contributed by atoms with van der Waals surface area (Å²) in [6, 6.07) is 0. The molecule has 0 radical (unpaired) electrons. The first-order valence-corrected chi connectivity index (χ1v) is 7.94. The van der Waals surface area contributed by atoms with E-state index < -0.39 is 0 Å². The Hall–Kier alpha value is -0.450. The quantitative estimate of drug-likeness (QED) is 0.832. The summed E-state index contributed by atoms with van der Waals surface area (Å²) in [5.41, 5.74) is 0.510. The molecular formula is C14H25N3S. The van der Waals surface area contributed by atoms with Gasteiger partial charge in [0.15, 0.2) is 0 Å². The minimum Gasteiger partial charge on any atom is -0.317 e. The molecule has 2 heterocycles. The van der Waals surface area contributed by atoms with Crippen LogP contribution < -0.4 is 10.6 Å². The molecule has 1 aliphatic rings. The van der Waals surface area contributed by atoms with Gasteiger partial charge < -0.3 is 10.6 Å². The molecule has 2 rings (SSSR count). The van der Waals surface area contributed by atoms with Gasteiger partial charge in [0.1, 0.15) is 5.01 Å². The van der Waals surface area contributed by atoms with Crippen molar-refractivity contribution in [2.75, 3.05) is 19.6 Å². The number of hydrogen-bond acceptors (Lipinski definition) is 4. The summed E-state index contributed by atoms with van der Waals surface area (Å²) in [4.78, 5) is 5.85. The van der Waals surface area contributed by atoms with Crippen LogP contribution in [0.1, 0.15) is 43.0 Å². The number of nitrogens with zero attached hydrogens (tertiary/aromatic N) is 1. The van der Waals surface area contributed by atoms with Gasteiger partial charge in [-0.15, -0.1) is 11.3 Å². The number of aromatic nitrogens is 1. The standard InChI is InChI=1S/C14H25N3S/c1-3-12-9-17-13(18-12)10-16-11-14(4-2)5-7-15-8-6-14/h9,15-16H,3-8,10-11H2,1-2H3. The predicted octanol–water partition coefficient (Wildman–Crippen LogP) is 2.57. The molecule has 0 spiro atoms. The van der Waals surface area contributed by atoms with Crippen LogP contribution in [0.2, 0.25) is 0 Å². The van der Waals surface area contributed by atoms with E-state index in [-0.39, 0.29) is 0 Å². The van der Waals surface area contributed by atoms with Gasteiger partial charge in [-0.1, -0.05) is 13.8 Å². The Labute approximate surface area is 114 Å². The van der Waals surface area contributed by atoms with E-state index in [1.165, 1.54) is 42.2 Å². The van der Waals surface area contributed by atoms with Crippen molar-refractivity contribution in [1.82, 2.24) is 15.6 Å². The molecule has 1 saturated heterocycles. The summed E-state index contributed by atoms with van der Waals surface area (Å²) in [5.74, 6) is 0. The molecule has 3 nitrogen and oxygen atoms in total. The minimum atomic E-state index is 0.510. The Morgan fingerprint density at radius 3 is 2.78 bits per heavy atom. The van der Waals surface area contributed by atoms with Gasteiger partial charge >= 0.3 is 0 Å². The molecule has 2 N–H and O–H groups in total. The third-order valence-electron chi connectivity index (χ3n) is 4.14. The van der Waals surface area contributed by atoms with Gasteiger partial charge in [0.2, 0.25) is 0 Å². The van der Waals surface area contributed by atoms with Crippen LogP contribution in [0, 0.1) is 5.41 Å². The summed E-state index contributed by atoms with van der Waals surface area (Å²) >= 11 is 1.84. The third kappa shape index (κ3) is 3.53. The monoisotopic (exact) mass is 267 g/mol. The van der Waals surface area contributed by atoms with Crippen molar-refractivity contribution >= 4 is 11.3 Å². The lowest BCUT2D eigenvalue weighted by Crippen LogP contribution is -2.42. The molecular weight excluding hydrogens is 242 g/mol. The van der Waals surface area contributed by atoms with E-state index in [2.05, 4.69) is 29.5 Å². The van der Waals surface area contributed by atoms with Gasteiger partial charge in [0.25, 0.3) is 0 Å². The average Bonchev–Trinajstić information content (AvgIpc) is 2.88. The molecule has 4 heteroatoms. The zero-order chi connectivity index (χ0) is 12.8. The second-order valence-corrected chi connectivity index (χ2v) is 6.48. The Morgan fingerprint density at radius 1 is 1.39 bits per heavy atom. The van der Waals surface area contributed by atoms with E-state index in [1.807, 2.05) is 17.5 Å². The van der Waals surface area contributed by atoms with Gasteiger partial charge in [-0.25, -0.2) is 4.98 Å². The molecule has 0 unspecified atom stereocenters. The number of rotatable bonds is 6. The second kappa shape index (κ2) is 6.64. The molecule has 0 atom stereocenters. The van der Waals surface area contributed by atoms with E-state index in [0.29, 0.717) is 5.41 Å². The fourth-order valence-electron chi connectivity index (χ4n) is 2.64. The summed E-state index contributed by atoms with van der Waals surface area (Å²) in [6.45, 7) is 8.92. The van der Waals surface area contributed by atoms with Crippen molar-refractivity contribution in [2.45, 2.75) is 46.1 Å². The first-order chi connectivity index (χ1) is 8.78. The molecule has 102 valence electrons.